The molecular formula is C24H24F6O2. The zero-order valence-corrected chi connectivity index (χ0v) is 17.5. The van der Waals surface area contributed by atoms with Crippen molar-refractivity contribution in [2.45, 2.75) is 57.5 Å². The van der Waals surface area contributed by atoms with E-state index >= 15 is 0 Å². The number of halogens is 6. The molecule has 0 atom stereocenters. The van der Waals surface area contributed by atoms with E-state index in [9.17, 15) is 26.3 Å². The number of benzene rings is 2. The summed E-state index contributed by atoms with van der Waals surface area (Å²) >= 11 is 0. The van der Waals surface area contributed by atoms with Gasteiger partial charge in [0.2, 0.25) is 0 Å². The number of ether oxygens (including phenoxy) is 2. The van der Waals surface area contributed by atoms with Gasteiger partial charge in [0.25, 0.3) is 0 Å². The lowest BCUT2D eigenvalue weighted by Crippen LogP contribution is -2.23. The lowest BCUT2D eigenvalue weighted by molar-refractivity contribution is -0.187. The Labute approximate surface area is 182 Å². The minimum Gasteiger partial charge on any atom is -0.429 e. The van der Waals surface area contributed by atoms with Crippen LogP contribution >= 0.6 is 0 Å². The highest BCUT2D eigenvalue weighted by molar-refractivity contribution is 5.34. The van der Waals surface area contributed by atoms with Crippen LogP contribution in [0.2, 0.25) is 0 Å². The van der Waals surface area contributed by atoms with E-state index < -0.39 is 29.6 Å². The molecule has 1 aliphatic rings. The fraction of sp³-hybridized carbons (Fsp3) is 0.417. The quantitative estimate of drug-likeness (QED) is 0.292. The first-order valence-corrected chi connectivity index (χ1v) is 10.5. The Morgan fingerprint density at radius 2 is 1.56 bits per heavy atom. The summed E-state index contributed by atoms with van der Waals surface area (Å²) < 4.78 is 89.5. The van der Waals surface area contributed by atoms with Crippen LogP contribution in [-0.4, -0.2) is 0 Å². The molecule has 3 rings (SSSR count). The van der Waals surface area contributed by atoms with Crippen LogP contribution in [0.4, 0.5) is 26.3 Å². The summed E-state index contributed by atoms with van der Waals surface area (Å²) in [7, 11) is 0. The van der Waals surface area contributed by atoms with Gasteiger partial charge in [-0.15, -0.1) is 0 Å². The molecule has 0 saturated heterocycles. The van der Waals surface area contributed by atoms with Gasteiger partial charge in [-0.25, -0.2) is 4.39 Å². The summed E-state index contributed by atoms with van der Waals surface area (Å²) in [5.41, 5.74) is -0.205. The molecule has 0 heterocycles. The maximum atomic E-state index is 14.6. The lowest BCUT2D eigenvalue weighted by Gasteiger charge is -2.29. The number of hydrogen-bond acceptors (Lipinski definition) is 2. The Hall–Kier alpha value is -2.64. The number of rotatable bonds is 8. The van der Waals surface area contributed by atoms with Crippen LogP contribution in [0, 0.1) is 11.7 Å². The first-order valence-electron chi connectivity index (χ1n) is 10.5. The largest absolute Gasteiger partial charge is 0.429 e. The summed E-state index contributed by atoms with van der Waals surface area (Å²) in [5, 5.41) is 0. The van der Waals surface area contributed by atoms with Crippen molar-refractivity contribution in [2.24, 2.45) is 5.92 Å². The van der Waals surface area contributed by atoms with Gasteiger partial charge < -0.3 is 9.47 Å². The second kappa shape index (κ2) is 10.3. The molecule has 0 aliphatic heterocycles. The highest BCUT2D eigenvalue weighted by Gasteiger charge is 2.38. The zero-order chi connectivity index (χ0) is 23.3. The molecule has 0 amide bonds. The van der Waals surface area contributed by atoms with Gasteiger partial charge in [0, 0.05) is 0 Å². The summed E-state index contributed by atoms with van der Waals surface area (Å²) in [4.78, 5) is 0. The summed E-state index contributed by atoms with van der Waals surface area (Å²) in [6.45, 7) is 2.15. The molecule has 0 unspecified atom stereocenters. The molecule has 0 bridgehead atoms. The molecule has 2 nitrogen and oxygen atoms in total. The van der Waals surface area contributed by atoms with Crippen LogP contribution in [0.5, 0.6) is 11.5 Å². The molecule has 1 aliphatic carbocycles. The van der Waals surface area contributed by atoms with Crippen LogP contribution in [-0.2, 0) is 6.11 Å². The van der Waals surface area contributed by atoms with Crippen molar-refractivity contribution in [2.75, 3.05) is 0 Å². The third-order valence-corrected chi connectivity index (χ3v) is 5.75. The van der Waals surface area contributed by atoms with E-state index in [0.29, 0.717) is 11.5 Å². The molecule has 0 radical (unpaired) electrons. The minimum atomic E-state index is -3.97. The van der Waals surface area contributed by atoms with Crippen molar-refractivity contribution in [1.82, 2.24) is 0 Å². The molecular weight excluding hydrogens is 434 g/mol. The van der Waals surface area contributed by atoms with Gasteiger partial charge in [-0.05, 0) is 79.5 Å². The monoisotopic (exact) mass is 458 g/mol. The maximum Gasteiger partial charge on any atom is 0.429 e. The van der Waals surface area contributed by atoms with E-state index in [-0.39, 0.29) is 17.4 Å². The third kappa shape index (κ3) is 5.99. The fourth-order valence-corrected chi connectivity index (χ4v) is 4.13. The van der Waals surface area contributed by atoms with Crippen LogP contribution in [0.1, 0.15) is 62.5 Å². The lowest BCUT2D eigenvalue weighted by atomic mass is 9.77. The summed E-state index contributed by atoms with van der Waals surface area (Å²) in [5.74, 6) is -0.940. The summed E-state index contributed by atoms with van der Waals surface area (Å²) in [6.07, 6.45) is -0.385. The molecule has 1 fully saturated rings. The van der Waals surface area contributed by atoms with Crippen molar-refractivity contribution in [3.8, 4) is 11.5 Å². The number of alkyl halides is 2. The van der Waals surface area contributed by atoms with Crippen molar-refractivity contribution in [3.63, 3.8) is 0 Å². The topological polar surface area (TPSA) is 18.5 Å². The molecule has 174 valence electrons. The van der Waals surface area contributed by atoms with Crippen molar-refractivity contribution in [3.05, 3.63) is 71.5 Å². The predicted molar refractivity (Wildman–Crippen MR) is 108 cm³/mol. The van der Waals surface area contributed by atoms with Gasteiger partial charge in [0.15, 0.2) is 0 Å². The highest BCUT2D eigenvalue weighted by Crippen LogP contribution is 2.40. The van der Waals surface area contributed by atoms with Crippen LogP contribution < -0.4 is 9.47 Å². The average molecular weight is 458 g/mol. The first-order chi connectivity index (χ1) is 15.2. The first kappa shape index (κ1) is 24.0. The van der Waals surface area contributed by atoms with Gasteiger partial charge in [0.1, 0.15) is 17.3 Å². The molecule has 8 heteroatoms. The van der Waals surface area contributed by atoms with E-state index in [2.05, 4.69) is 16.4 Å². The number of hydrogen-bond donors (Lipinski definition) is 0. The Morgan fingerprint density at radius 1 is 0.938 bits per heavy atom. The fourth-order valence-electron chi connectivity index (χ4n) is 4.13. The Kier molecular flexibility index (Phi) is 7.74. The third-order valence-electron chi connectivity index (χ3n) is 5.75. The molecule has 0 spiro atoms. The van der Waals surface area contributed by atoms with Crippen LogP contribution in [0.3, 0.4) is 0 Å². The second-order valence-electron chi connectivity index (χ2n) is 7.97. The van der Waals surface area contributed by atoms with Crippen LogP contribution in [0.25, 0.3) is 0 Å². The van der Waals surface area contributed by atoms with E-state index in [4.69, 9.17) is 0 Å². The molecule has 2 aromatic rings. The van der Waals surface area contributed by atoms with E-state index in [1.165, 1.54) is 12.5 Å². The molecule has 32 heavy (non-hydrogen) atoms. The van der Waals surface area contributed by atoms with Crippen LogP contribution in [0.15, 0.2) is 54.6 Å². The van der Waals surface area contributed by atoms with Crippen molar-refractivity contribution < 1.29 is 35.8 Å². The zero-order valence-electron chi connectivity index (χ0n) is 17.5. The van der Waals surface area contributed by atoms with Gasteiger partial charge in [-0.2, -0.15) is 22.0 Å². The van der Waals surface area contributed by atoms with Crippen molar-refractivity contribution >= 4 is 0 Å². The molecule has 0 N–H and O–H groups in total. The second-order valence-corrected chi connectivity index (χ2v) is 7.97. The van der Waals surface area contributed by atoms with Gasteiger partial charge in [-0.3, -0.25) is 0 Å². The normalized spacial score (nSPS) is 18.8. The molecule has 2 aromatic carbocycles. The highest BCUT2D eigenvalue weighted by atomic mass is 19.3. The van der Waals surface area contributed by atoms with Crippen molar-refractivity contribution in [1.29, 1.82) is 0 Å². The van der Waals surface area contributed by atoms with E-state index in [1.807, 2.05) is 0 Å². The van der Waals surface area contributed by atoms with Gasteiger partial charge in [-0.1, -0.05) is 25.8 Å². The van der Waals surface area contributed by atoms with Gasteiger partial charge >= 0.3 is 18.2 Å². The molecule has 1 saturated carbocycles. The van der Waals surface area contributed by atoms with E-state index in [1.54, 1.807) is 0 Å². The maximum absolute atomic E-state index is 14.6. The Balaban J connectivity index is 1.67. The Morgan fingerprint density at radius 3 is 2.12 bits per heavy atom. The standard InChI is InChI=1S/C24H24F6O2/c1-2-3-15-4-6-16(7-5-15)17-8-13-20(21(25)14-17)24(29,30)32-19-11-9-18(10-12-19)31-23(28)22(26)27/h8-16H,2-7H2,1H3. The minimum absolute atomic E-state index is 0.150. The van der Waals surface area contributed by atoms with E-state index in [0.717, 1.165) is 68.5 Å². The molecule has 0 aromatic heterocycles. The Bertz CT molecular complexity index is 930. The SMILES string of the molecule is CCCC1CCC(c2ccc(C(F)(F)Oc3ccc(OC(F)=C(F)F)cc3)c(F)c2)CC1. The smallest absolute Gasteiger partial charge is 0.429 e. The predicted octanol–water partition coefficient (Wildman–Crippen LogP) is 8.44. The summed E-state index contributed by atoms with van der Waals surface area (Å²) in [6, 6.07) is 5.51. The van der Waals surface area contributed by atoms with Gasteiger partial charge in [0.05, 0.1) is 5.56 Å². The average Bonchev–Trinajstić information content (AvgIpc) is 2.75.